The first-order valence-corrected chi connectivity index (χ1v) is 11.3. The summed E-state index contributed by atoms with van der Waals surface area (Å²) in [4.78, 5) is 12.3. The molecule has 4 rings (SSSR count). The zero-order chi connectivity index (χ0) is 20.6. The quantitative estimate of drug-likeness (QED) is 0.554. The van der Waals surface area contributed by atoms with E-state index in [0.29, 0.717) is 24.2 Å². The van der Waals surface area contributed by atoms with Gasteiger partial charge in [-0.1, -0.05) is 43.2 Å². The third-order valence-corrected chi connectivity index (χ3v) is 6.01. The standard InChI is InChI=1S/C22H25N5O2S/c28-22(16-30-15-21-24-25-26-27(21)19-8-4-5-9-19)23-18-10-12-20(13-11-18)29-14-17-6-2-1-3-7-17/h1-3,6-7,10-13,19H,4-5,8-9,14-16H2,(H,23,28). The monoisotopic (exact) mass is 423 g/mol. The number of thioether (sulfide) groups is 1. The van der Waals surface area contributed by atoms with Crippen molar-refractivity contribution in [2.45, 2.75) is 44.1 Å². The maximum atomic E-state index is 12.3. The number of nitrogens with one attached hydrogen (secondary N) is 1. The zero-order valence-corrected chi connectivity index (χ0v) is 17.6. The van der Waals surface area contributed by atoms with Crippen LogP contribution in [0.4, 0.5) is 5.69 Å². The molecule has 8 heteroatoms. The molecule has 30 heavy (non-hydrogen) atoms. The highest BCUT2D eigenvalue weighted by molar-refractivity contribution is 7.99. The van der Waals surface area contributed by atoms with Gasteiger partial charge in [-0.2, -0.15) is 0 Å². The van der Waals surface area contributed by atoms with Gasteiger partial charge in [0.15, 0.2) is 5.82 Å². The van der Waals surface area contributed by atoms with Gasteiger partial charge in [-0.15, -0.1) is 16.9 Å². The number of nitrogens with zero attached hydrogens (tertiary/aromatic N) is 4. The second-order valence-electron chi connectivity index (χ2n) is 7.32. The van der Waals surface area contributed by atoms with Gasteiger partial charge in [0.2, 0.25) is 5.91 Å². The van der Waals surface area contributed by atoms with E-state index in [-0.39, 0.29) is 5.91 Å². The molecule has 7 nitrogen and oxygen atoms in total. The topological polar surface area (TPSA) is 81.9 Å². The molecule has 0 bridgehead atoms. The molecule has 1 N–H and O–H groups in total. The Morgan fingerprint density at radius 1 is 1.10 bits per heavy atom. The summed E-state index contributed by atoms with van der Waals surface area (Å²) >= 11 is 1.52. The highest BCUT2D eigenvalue weighted by Crippen LogP contribution is 2.29. The van der Waals surface area contributed by atoms with Gasteiger partial charge in [0.25, 0.3) is 0 Å². The fourth-order valence-corrected chi connectivity index (χ4v) is 4.28. The average Bonchev–Trinajstić information content (AvgIpc) is 3.46. The van der Waals surface area contributed by atoms with Gasteiger partial charge >= 0.3 is 0 Å². The number of aromatic nitrogens is 4. The Morgan fingerprint density at radius 2 is 1.87 bits per heavy atom. The first-order chi connectivity index (χ1) is 14.8. The molecule has 0 saturated heterocycles. The van der Waals surface area contributed by atoms with Crippen molar-refractivity contribution in [2.24, 2.45) is 0 Å². The molecular weight excluding hydrogens is 398 g/mol. The Kier molecular flexibility index (Phi) is 6.97. The van der Waals surface area contributed by atoms with Crippen LogP contribution in [0.15, 0.2) is 54.6 Å². The summed E-state index contributed by atoms with van der Waals surface area (Å²) in [5.74, 6) is 2.55. The molecule has 0 aliphatic heterocycles. The summed E-state index contributed by atoms with van der Waals surface area (Å²) in [6.45, 7) is 0.517. The summed E-state index contributed by atoms with van der Waals surface area (Å²) < 4.78 is 7.71. The van der Waals surface area contributed by atoms with Crippen LogP contribution in [0.5, 0.6) is 5.75 Å². The highest BCUT2D eigenvalue weighted by atomic mass is 32.2. The van der Waals surface area contributed by atoms with Crippen LogP contribution in [-0.2, 0) is 17.2 Å². The van der Waals surface area contributed by atoms with Crippen LogP contribution in [0.3, 0.4) is 0 Å². The Balaban J connectivity index is 1.20. The highest BCUT2D eigenvalue weighted by Gasteiger charge is 2.21. The molecule has 0 unspecified atom stereocenters. The van der Waals surface area contributed by atoms with Crippen molar-refractivity contribution < 1.29 is 9.53 Å². The fourth-order valence-electron chi connectivity index (χ4n) is 3.55. The van der Waals surface area contributed by atoms with E-state index in [4.69, 9.17) is 4.74 Å². The number of ether oxygens (including phenoxy) is 1. The van der Waals surface area contributed by atoms with Gasteiger partial charge < -0.3 is 10.1 Å². The molecule has 1 aromatic heterocycles. The molecule has 0 radical (unpaired) electrons. The van der Waals surface area contributed by atoms with Crippen molar-refractivity contribution >= 4 is 23.4 Å². The molecule has 1 aliphatic carbocycles. The molecule has 0 atom stereocenters. The van der Waals surface area contributed by atoms with Gasteiger partial charge in [0.05, 0.1) is 17.5 Å². The minimum absolute atomic E-state index is 0.0437. The number of hydrogen-bond acceptors (Lipinski definition) is 6. The third kappa shape index (κ3) is 5.60. The van der Waals surface area contributed by atoms with Crippen LogP contribution < -0.4 is 10.1 Å². The lowest BCUT2D eigenvalue weighted by molar-refractivity contribution is -0.113. The van der Waals surface area contributed by atoms with Crippen molar-refractivity contribution in [2.75, 3.05) is 11.1 Å². The van der Waals surface area contributed by atoms with Crippen molar-refractivity contribution in [1.82, 2.24) is 20.2 Å². The van der Waals surface area contributed by atoms with E-state index < -0.39 is 0 Å². The minimum atomic E-state index is -0.0437. The molecule has 1 heterocycles. The summed E-state index contributed by atoms with van der Waals surface area (Å²) in [7, 11) is 0. The predicted molar refractivity (Wildman–Crippen MR) is 117 cm³/mol. The molecule has 3 aromatic rings. The number of hydrogen-bond donors (Lipinski definition) is 1. The molecule has 1 saturated carbocycles. The Morgan fingerprint density at radius 3 is 2.63 bits per heavy atom. The van der Waals surface area contributed by atoms with E-state index in [0.717, 1.165) is 35.7 Å². The number of benzene rings is 2. The van der Waals surface area contributed by atoms with E-state index in [2.05, 4.69) is 20.8 Å². The lowest BCUT2D eigenvalue weighted by atomic mass is 10.2. The first-order valence-electron chi connectivity index (χ1n) is 10.2. The van der Waals surface area contributed by atoms with Crippen molar-refractivity contribution in [3.8, 4) is 5.75 Å². The molecule has 1 aliphatic rings. The van der Waals surface area contributed by atoms with Gasteiger partial charge in [-0.05, 0) is 53.1 Å². The van der Waals surface area contributed by atoms with Gasteiger partial charge in [0.1, 0.15) is 12.4 Å². The van der Waals surface area contributed by atoms with E-state index in [1.165, 1.54) is 24.6 Å². The van der Waals surface area contributed by atoms with Crippen LogP contribution in [0.25, 0.3) is 0 Å². The molecule has 156 valence electrons. The summed E-state index contributed by atoms with van der Waals surface area (Å²) in [6.07, 6.45) is 4.73. The van der Waals surface area contributed by atoms with Crippen LogP contribution >= 0.6 is 11.8 Å². The Bertz CT molecular complexity index is 940. The summed E-state index contributed by atoms with van der Waals surface area (Å²) in [6, 6.07) is 17.9. The SMILES string of the molecule is O=C(CSCc1nnnn1C1CCCC1)Nc1ccc(OCc2ccccc2)cc1. The summed E-state index contributed by atoms with van der Waals surface area (Å²) in [5, 5.41) is 15.0. The molecule has 2 aromatic carbocycles. The van der Waals surface area contributed by atoms with Crippen LogP contribution in [-0.4, -0.2) is 31.9 Å². The summed E-state index contributed by atoms with van der Waals surface area (Å²) in [5.41, 5.74) is 1.87. The number of carbonyl (C=O) groups excluding carboxylic acids is 1. The average molecular weight is 424 g/mol. The maximum absolute atomic E-state index is 12.3. The maximum Gasteiger partial charge on any atom is 0.234 e. The molecule has 0 spiro atoms. The minimum Gasteiger partial charge on any atom is -0.489 e. The number of tetrazole rings is 1. The van der Waals surface area contributed by atoms with Crippen LogP contribution in [0.2, 0.25) is 0 Å². The molecule has 1 amide bonds. The van der Waals surface area contributed by atoms with E-state index in [1.54, 1.807) is 0 Å². The first kappa shape index (κ1) is 20.4. The van der Waals surface area contributed by atoms with Gasteiger partial charge in [-0.3, -0.25) is 4.79 Å². The Hall–Kier alpha value is -2.87. The smallest absolute Gasteiger partial charge is 0.234 e. The van der Waals surface area contributed by atoms with Crippen LogP contribution in [0, 0.1) is 0 Å². The van der Waals surface area contributed by atoms with E-state index >= 15 is 0 Å². The van der Waals surface area contributed by atoms with Crippen molar-refractivity contribution in [1.29, 1.82) is 0 Å². The largest absolute Gasteiger partial charge is 0.489 e. The van der Waals surface area contributed by atoms with E-state index in [1.807, 2.05) is 59.3 Å². The fraction of sp³-hybridized carbons (Fsp3) is 0.364. The van der Waals surface area contributed by atoms with Crippen molar-refractivity contribution in [3.63, 3.8) is 0 Å². The second-order valence-corrected chi connectivity index (χ2v) is 8.30. The zero-order valence-electron chi connectivity index (χ0n) is 16.7. The van der Waals surface area contributed by atoms with Crippen LogP contribution in [0.1, 0.15) is 43.1 Å². The molecule has 1 fully saturated rings. The Labute approximate surface area is 180 Å². The van der Waals surface area contributed by atoms with E-state index in [9.17, 15) is 4.79 Å². The normalized spacial score (nSPS) is 14.0. The van der Waals surface area contributed by atoms with Gasteiger partial charge in [0, 0.05) is 5.69 Å². The van der Waals surface area contributed by atoms with Gasteiger partial charge in [-0.25, -0.2) is 4.68 Å². The number of anilines is 1. The lowest BCUT2D eigenvalue weighted by Crippen LogP contribution is -2.15. The third-order valence-electron chi connectivity index (χ3n) is 5.08. The lowest BCUT2D eigenvalue weighted by Gasteiger charge is -2.11. The number of amides is 1. The second kappa shape index (κ2) is 10.2. The molecular formula is C22H25N5O2S. The number of carbonyl (C=O) groups is 1. The predicted octanol–water partition coefficient (Wildman–Crippen LogP) is 4.24. The number of rotatable bonds is 9. The van der Waals surface area contributed by atoms with Crippen molar-refractivity contribution in [3.05, 3.63) is 66.0 Å².